The van der Waals surface area contributed by atoms with Gasteiger partial charge in [0.1, 0.15) is 17.7 Å². The second-order valence-corrected chi connectivity index (χ2v) is 8.22. The molecule has 1 saturated heterocycles. The number of benzene rings is 1. The van der Waals surface area contributed by atoms with Crippen LogP contribution in [0.4, 0.5) is 9.18 Å². The molecule has 0 atom stereocenters. The minimum absolute atomic E-state index is 0.0507. The summed E-state index contributed by atoms with van der Waals surface area (Å²) in [4.78, 5) is 48.0. The number of rotatable bonds is 5. The van der Waals surface area contributed by atoms with Gasteiger partial charge in [0, 0.05) is 18.5 Å². The Hall–Kier alpha value is -2.97. The molecular weight excluding hydrogens is 385 g/mol. The smallest absolute Gasteiger partial charge is 0.410 e. The highest BCUT2D eigenvalue weighted by Gasteiger charge is 2.38. The summed E-state index contributed by atoms with van der Waals surface area (Å²) >= 11 is 0. The largest absolute Gasteiger partial charge is 0.478 e. The first-order chi connectivity index (χ1) is 13.4. The third kappa shape index (κ3) is 5.30. The summed E-state index contributed by atoms with van der Waals surface area (Å²) in [6.07, 6.45) is 0.605. The quantitative estimate of drug-likeness (QED) is 0.717. The van der Waals surface area contributed by atoms with Gasteiger partial charge in [-0.15, -0.1) is 0 Å². The van der Waals surface area contributed by atoms with Gasteiger partial charge in [-0.25, -0.2) is 18.8 Å². The fraction of sp³-hybridized carbons (Fsp3) is 0.500. The van der Waals surface area contributed by atoms with Gasteiger partial charge >= 0.3 is 18.0 Å². The SMILES string of the molecule is CC(C)(C)OC(=O)N1CCC(C=O)(Cc2cc(C(=O)O)c(C(=O)O)cc2F)CC1. The molecule has 2 rings (SSSR count). The van der Waals surface area contributed by atoms with Gasteiger partial charge in [-0.3, -0.25) is 0 Å². The van der Waals surface area contributed by atoms with Crippen molar-refractivity contribution in [1.82, 2.24) is 4.90 Å². The number of nitrogens with zero attached hydrogens (tertiary/aromatic N) is 1. The molecule has 0 aromatic heterocycles. The highest BCUT2D eigenvalue weighted by Crippen LogP contribution is 2.35. The van der Waals surface area contributed by atoms with Crippen molar-refractivity contribution in [3.63, 3.8) is 0 Å². The molecule has 9 heteroatoms. The van der Waals surface area contributed by atoms with Crippen molar-refractivity contribution in [1.29, 1.82) is 0 Å². The van der Waals surface area contributed by atoms with Crippen molar-refractivity contribution in [3.05, 3.63) is 34.6 Å². The summed E-state index contributed by atoms with van der Waals surface area (Å²) in [5, 5.41) is 18.3. The van der Waals surface area contributed by atoms with E-state index in [1.807, 2.05) is 0 Å². The number of hydrogen-bond donors (Lipinski definition) is 2. The number of halogens is 1. The van der Waals surface area contributed by atoms with E-state index in [4.69, 9.17) is 9.84 Å². The van der Waals surface area contributed by atoms with Crippen LogP contribution in [-0.4, -0.2) is 58.1 Å². The molecule has 1 fully saturated rings. The maximum Gasteiger partial charge on any atom is 0.410 e. The van der Waals surface area contributed by atoms with E-state index in [9.17, 15) is 28.7 Å². The Morgan fingerprint density at radius 3 is 2.10 bits per heavy atom. The van der Waals surface area contributed by atoms with E-state index >= 15 is 0 Å². The summed E-state index contributed by atoms with van der Waals surface area (Å²) < 4.78 is 19.8. The van der Waals surface area contributed by atoms with Crippen LogP contribution in [0.15, 0.2) is 12.1 Å². The van der Waals surface area contributed by atoms with Crippen molar-refractivity contribution in [2.45, 2.75) is 45.6 Å². The maximum atomic E-state index is 14.4. The molecule has 29 heavy (non-hydrogen) atoms. The van der Waals surface area contributed by atoms with Crippen LogP contribution in [0.5, 0.6) is 0 Å². The molecular formula is C20H24FNO7. The van der Waals surface area contributed by atoms with E-state index in [0.717, 1.165) is 6.07 Å². The Morgan fingerprint density at radius 2 is 1.66 bits per heavy atom. The Bertz CT molecular complexity index is 836. The van der Waals surface area contributed by atoms with Gasteiger partial charge in [0.05, 0.1) is 11.1 Å². The van der Waals surface area contributed by atoms with Crippen LogP contribution in [0.25, 0.3) is 0 Å². The average Bonchev–Trinajstić information content (AvgIpc) is 2.61. The summed E-state index contributed by atoms with van der Waals surface area (Å²) in [5.74, 6) is -3.93. The minimum atomic E-state index is -1.55. The summed E-state index contributed by atoms with van der Waals surface area (Å²) in [6.45, 7) is 5.69. The van der Waals surface area contributed by atoms with E-state index in [-0.39, 0.29) is 37.9 Å². The van der Waals surface area contributed by atoms with Crippen LogP contribution >= 0.6 is 0 Å². The Kier molecular flexibility index (Phi) is 6.30. The van der Waals surface area contributed by atoms with Crippen LogP contribution in [0.2, 0.25) is 0 Å². The molecule has 1 aromatic rings. The van der Waals surface area contributed by atoms with Crippen molar-refractivity contribution >= 4 is 24.3 Å². The molecule has 1 heterocycles. The van der Waals surface area contributed by atoms with Gasteiger partial charge in [-0.1, -0.05) is 0 Å². The summed E-state index contributed by atoms with van der Waals surface area (Å²) in [5.41, 5.74) is -2.89. The van der Waals surface area contributed by atoms with Gasteiger partial charge in [0.2, 0.25) is 0 Å². The van der Waals surface area contributed by atoms with Crippen LogP contribution in [0, 0.1) is 11.2 Å². The molecule has 158 valence electrons. The first kappa shape index (κ1) is 22.3. The number of carboxylic acids is 2. The lowest BCUT2D eigenvalue weighted by Crippen LogP contribution is -2.46. The highest BCUT2D eigenvalue weighted by molar-refractivity contribution is 6.01. The van der Waals surface area contributed by atoms with Crippen LogP contribution in [0.1, 0.15) is 59.9 Å². The van der Waals surface area contributed by atoms with Gasteiger partial charge < -0.3 is 24.6 Å². The standard InChI is InChI=1S/C20H24FNO7/c1-19(2,3)29-18(28)22-6-4-20(11-23,5-7-22)10-12-8-13(16(24)25)14(17(26)27)9-15(12)21/h8-9,11H,4-7,10H2,1-3H3,(H,24,25)(H,26,27). The first-order valence-corrected chi connectivity index (χ1v) is 9.11. The summed E-state index contributed by atoms with van der Waals surface area (Å²) in [6, 6.07) is 1.63. The molecule has 1 aliphatic rings. The predicted octanol–water partition coefficient (Wildman–Crippen LogP) is 2.98. The molecule has 8 nitrogen and oxygen atoms in total. The second-order valence-electron chi connectivity index (χ2n) is 8.22. The zero-order valence-corrected chi connectivity index (χ0v) is 16.5. The van der Waals surface area contributed by atoms with Gasteiger partial charge in [0.25, 0.3) is 0 Å². The number of piperidine rings is 1. The number of aldehydes is 1. The lowest BCUT2D eigenvalue weighted by Gasteiger charge is -2.38. The molecule has 2 N–H and O–H groups in total. The molecule has 1 aromatic carbocycles. The maximum absolute atomic E-state index is 14.4. The molecule has 0 bridgehead atoms. The molecule has 0 unspecified atom stereocenters. The van der Waals surface area contributed by atoms with E-state index in [0.29, 0.717) is 12.4 Å². The van der Waals surface area contributed by atoms with E-state index in [1.54, 1.807) is 20.8 Å². The van der Waals surface area contributed by atoms with Crippen molar-refractivity contribution in [2.24, 2.45) is 5.41 Å². The van der Waals surface area contributed by atoms with Crippen LogP contribution < -0.4 is 0 Å². The zero-order valence-electron chi connectivity index (χ0n) is 16.5. The predicted molar refractivity (Wildman–Crippen MR) is 99.6 cm³/mol. The number of carbonyl (C=O) groups excluding carboxylic acids is 2. The fourth-order valence-corrected chi connectivity index (χ4v) is 3.28. The van der Waals surface area contributed by atoms with Gasteiger partial charge in [0.15, 0.2) is 0 Å². The van der Waals surface area contributed by atoms with Crippen molar-refractivity contribution < 1.29 is 38.5 Å². The monoisotopic (exact) mass is 409 g/mol. The Labute approximate surface area is 167 Å². The van der Waals surface area contributed by atoms with Crippen molar-refractivity contribution in [2.75, 3.05) is 13.1 Å². The molecule has 1 aliphatic heterocycles. The molecule has 0 aliphatic carbocycles. The first-order valence-electron chi connectivity index (χ1n) is 9.11. The molecule has 1 amide bonds. The lowest BCUT2D eigenvalue weighted by atomic mass is 9.74. The number of likely N-dealkylation sites (tertiary alicyclic amines) is 1. The van der Waals surface area contributed by atoms with Gasteiger partial charge in [-0.2, -0.15) is 0 Å². The average molecular weight is 409 g/mol. The summed E-state index contributed by atoms with van der Waals surface area (Å²) in [7, 11) is 0. The number of hydrogen-bond acceptors (Lipinski definition) is 5. The lowest BCUT2D eigenvalue weighted by molar-refractivity contribution is -0.118. The molecule has 0 saturated carbocycles. The van der Waals surface area contributed by atoms with Crippen LogP contribution in [0.3, 0.4) is 0 Å². The fourth-order valence-electron chi connectivity index (χ4n) is 3.28. The van der Waals surface area contributed by atoms with E-state index in [2.05, 4.69) is 0 Å². The number of aromatic carboxylic acids is 2. The Morgan fingerprint density at radius 1 is 1.14 bits per heavy atom. The Balaban J connectivity index is 2.22. The van der Waals surface area contributed by atoms with E-state index < -0.39 is 46.0 Å². The normalized spacial score (nSPS) is 16.2. The molecule has 0 radical (unpaired) electrons. The minimum Gasteiger partial charge on any atom is -0.478 e. The zero-order chi connectivity index (χ0) is 22.0. The molecule has 0 spiro atoms. The second kappa shape index (κ2) is 8.18. The van der Waals surface area contributed by atoms with E-state index in [1.165, 1.54) is 4.90 Å². The number of carbonyl (C=O) groups is 4. The third-order valence-electron chi connectivity index (χ3n) is 4.85. The number of ether oxygens (including phenoxy) is 1. The number of amides is 1. The number of carboxylic acid groups (broad SMARTS) is 2. The highest BCUT2D eigenvalue weighted by atomic mass is 19.1. The van der Waals surface area contributed by atoms with Crippen molar-refractivity contribution in [3.8, 4) is 0 Å². The van der Waals surface area contributed by atoms with Crippen LogP contribution in [-0.2, 0) is 16.0 Å². The topological polar surface area (TPSA) is 121 Å². The third-order valence-corrected chi connectivity index (χ3v) is 4.85. The van der Waals surface area contributed by atoms with Gasteiger partial charge in [-0.05, 0) is 57.7 Å².